The molecule has 0 aliphatic heterocycles. The predicted octanol–water partition coefficient (Wildman–Crippen LogP) is 4.06. The lowest BCUT2D eigenvalue weighted by atomic mass is 10.2. The molecular formula is C18H19N3O3S2. The van der Waals surface area contributed by atoms with Crippen molar-refractivity contribution in [3.63, 3.8) is 0 Å². The molecule has 6 nitrogen and oxygen atoms in total. The number of aryl methyl sites for hydroxylation is 2. The van der Waals surface area contributed by atoms with Crippen LogP contribution in [0.25, 0.3) is 10.2 Å². The van der Waals surface area contributed by atoms with E-state index in [0.717, 1.165) is 10.3 Å². The van der Waals surface area contributed by atoms with Gasteiger partial charge in [-0.1, -0.05) is 36.0 Å². The van der Waals surface area contributed by atoms with Crippen molar-refractivity contribution in [3.8, 4) is 0 Å². The fraction of sp³-hybridized carbons (Fsp3) is 0.222. The first-order valence-corrected chi connectivity index (χ1v) is 10.4. The monoisotopic (exact) mass is 389 g/mol. The lowest BCUT2D eigenvalue weighted by molar-refractivity contribution is -0.115. The van der Waals surface area contributed by atoms with Gasteiger partial charge in [0.05, 0.1) is 20.8 Å². The molecule has 0 aliphatic rings. The maximum absolute atomic E-state index is 12.7. The van der Waals surface area contributed by atoms with Gasteiger partial charge in [0.15, 0.2) is 5.13 Å². The minimum Gasteiger partial charge on any atom is -0.302 e. The number of aromatic nitrogens is 1. The van der Waals surface area contributed by atoms with E-state index in [1.54, 1.807) is 44.2 Å². The Morgan fingerprint density at radius 3 is 2.62 bits per heavy atom. The topological polar surface area (TPSA) is 88.2 Å². The number of hydrogen-bond acceptors (Lipinski definition) is 5. The maximum Gasteiger partial charge on any atom is 0.262 e. The maximum atomic E-state index is 12.7. The van der Waals surface area contributed by atoms with Gasteiger partial charge in [0, 0.05) is 6.42 Å². The molecule has 0 fully saturated rings. The Morgan fingerprint density at radius 1 is 1.15 bits per heavy atom. The van der Waals surface area contributed by atoms with Gasteiger partial charge in [-0.3, -0.25) is 9.52 Å². The molecule has 26 heavy (non-hydrogen) atoms. The molecule has 1 amide bonds. The van der Waals surface area contributed by atoms with Gasteiger partial charge in [-0.05, 0) is 43.7 Å². The van der Waals surface area contributed by atoms with Crippen LogP contribution in [0, 0.1) is 13.8 Å². The van der Waals surface area contributed by atoms with Gasteiger partial charge < -0.3 is 5.32 Å². The highest BCUT2D eigenvalue weighted by atomic mass is 32.2. The van der Waals surface area contributed by atoms with Crippen molar-refractivity contribution in [2.75, 3.05) is 10.0 Å². The number of carbonyl (C=O) groups is 1. The van der Waals surface area contributed by atoms with Crippen molar-refractivity contribution in [1.82, 2.24) is 4.98 Å². The summed E-state index contributed by atoms with van der Waals surface area (Å²) in [5, 5.41) is 3.22. The summed E-state index contributed by atoms with van der Waals surface area (Å²) in [6.45, 7) is 5.46. The number of amides is 1. The summed E-state index contributed by atoms with van der Waals surface area (Å²) in [7, 11) is -3.69. The first kappa shape index (κ1) is 18.3. The van der Waals surface area contributed by atoms with Crippen LogP contribution in [0.3, 0.4) is 0 Å². The molecule has 3 aromatic rings. The number of fused-ring (bicyclic) bond motifs is 1. The SMILES string of the molecule is CCC(=O)Nc1nc2cc(NS(=O)(=O)c3ccc(C)cc3C)ccc2s1. The summed E-state index contributed by atoms with van der Waals surface area (Å²) in [5.41, 5.74) is 2.75. The standard InChI is InChI=1S/C18H19N3O3S2/c1-4-17(22)20-18-19-14-10-13(6-7-15(14)25-18)21-26(23,24)16-8-5-11(2)9-12(16)3/h5-10,21H,4H2,1-3H3,(H,19,20,22). The number of carbonyl (C=O) groups excluding carboxylic acids is 1. The molecular weight excluding hydrogens is 370 g/mol. The first-order chi connectivity index (χ1) is 12.3. The number of benzene rings is 2. The van der Waals surface area contributed by atoms with E-state index >= 15 is 0 Å². The highest BCUT2D eigenvalue weighted by Gasteiger charge is 2.17. The van der Waals surface area contributed by atoms with Crippen LogP contribution in [0.1, 0.15) is 24.5 Å². The number of thiazole rings is 1. The average molecular weight is 390 g/mol. The summed E-state index contributed by atoms with van der Waals surface area (Å²) >= 11 is 1.35. The second kappa shape index (κ2) is 7.05. The van der Waals surface area contributed by atoms with E-state index in [4.69, 9.17) is 0 Å². The number of sulfonamides is 1. The third kappa shape index (κ3) is 3.86. The summed E-state index contributed by atoms with van der Waals surface area (Å²) in [5.74, 6) is -0.111. The van der Waals surface area contributed by atoms with Gasteiger partial charge in [0.1, 0.15) is 0 Å². The summed E-state index contributed by atoms with van der Waals surface area (Å²) < 4.78 is 28.8. The van der Waals surface area contributed by atoms with Crippen molar-refractivity contribution in [3.05, 3.63) is 47.5 Å². The van der Waals surface area contributed by atoms with Crippen molar-refractivity contribution >= 4 is 48.3 Å². The van der Waals surface area contributed by atoms with Gasteiger partial charge in [0.2, 0.25) is 5.91 Å². The van der Waals surface area contributed by atoms with Gasteiger partial charge in [-0.25, -0.2) is 13.4 Å². The van der Waals surface area contributed by atoms with Gasteiger partial charge in [-0.2, -0.15) is 0 Å². The number of anilines is 2. The molecule has 0 aliphatic carbocycles. The largest absolute Gasteiger partial charge is 0.302 e. The molecule has 0 radical (unpaired) electrons. The molecule has 8 heteroatoms. The Balaban J connectivity index is 1.89. The van der Waals surface area contributed by atoms with E-state index < -0.39 is 10.0 Å². The highest BCUT2D eigenvalue weighted by Crippen LogP contribution is 2.29. The van der Waals surface area contributed by atoms with E-state index in [9.17, 15) is 13.2 Å². The van der Waals surface area contributed by atoms with Crippen molar-refractivity contribution in [1.29, 1.82) is 0 Å². The number of rotatable bonds is 5. The number of nitrogens with one attached hydrogen (secondary N) is 2. The van der Waals surface area contributed by atoms with Gasteiger partial charge in [-0.15, -0.1) is 0 Å². The van der Waals surface area contributed by atoms with E-state index in [-0.39, 0.29) is 10.8 Å². The Bertz CT molecular complexity index is 1090. The Hall–Kier alpha value is -2.45. The van der Waals surface area contributed by atoms with E-state index in [0.29, 0.717) is 28.3 Å². The second-order valence-corrected chi connectivity index (χ2v) is 8.66. The van der Waals surface area contributed by atoms with Gasteiger partial charge >= 0.3 is 0 Å². The van der Waals surface area contributed by atoms with Crippen LogP contribution < -0.4 is 10.0 Å². The normalized spacial score (nSPS) is 11.5. The highest BCUT2D eigenvalue weighted by molar-refractivity contribution is 7.92. The molecule has 1 heterocycles. The van der Waals surface area contributed by atoms with E-state index in [1.807, 2.05) is 13.0 Å². The van der Waals surface area contributed by atoms with Crippen molar-refractivity contribution in [2.45, 2.75) is 32.1 Å². The zero-order chi connectivity index (χ0) is 18.9. The molecule has 0 saturated heterocycles. The Morgan fingerprint density at radius 2 is 1.92 bits per heavy atom. The fourth-order valence-corrected chi connectivity index (χ4v) is 4.70. The molecule has 0 saturated carbocycles. The van der Waals surface area contributed by atoms with Crippen molar-refractivity contribution < 1.29 is 13.2 Å². The number of hydrogen-bond donors (Lipinski definition) is 2. The van der Waals surface area contributed by atoms with Crippen LogP contribution in [-0.4, -0.2) is 19.3 Å². The molecule has 0 bridgehead atoms. The van der Waals surface area contributed by atoms with Crippen LogP contribution in [-0.2, 0) is 14.8 Å². The molecule has 2 N–H and O–H groups in total. The fourth-order valence-electron chi connectivity index (χ4n) is 2.56. The average Bonchev–Trinajstić information content (AvgIpc) is 2.95. The predicted molar refractivity (Wildman–Crippen MR) is 105 cm³/mol. The molecule has 3 rings (SSSR count). The molecule has 0 unspecified atom stereocenters. The lowest BCUT2D eigenvalue weighted by Gasteiger charge is -2.11. The van der Waals surface area contributed by atoms with E-state index in [2.05, 4.69) is 15.0 Å². The van der Waals surface area contributed by atoms with Crippen LogP contribution in [0.15, 0.2) is 41.3 Å². The van der Waals surface area contributed by atoms with Crippen LogP contribution >= 0.6 is 11.3 Å². The molecule has 2 aromatic carbocycles. The molecule has 0 spiro atoms. The van der Waals surface area contributed by atoms with Crippen molar-refractivity contribution in [2.24, 2.45) is 0 Å². The molecule has 0 atom stereocenters. The zero-order valence-electron chi connectivity index (χ0n) is 14.7. The van der Waals surface area contributed by atoms with Crippen LogP contribution in [0.2, 0.25) is 0 Å². The second-order valence-electron chi connectivity index (χ2n) is 5.98. The van der Waals surface area contributed by atoms with Crippen LogP contribution in [0.4, 0.5) is 10.8 Å². The summed E-state index contributed by atoms with van der Waals surface area (Å²) in [6, 6.07) is 10.3. The number of nitrogens with zero attached hydrogens (tertiary/aromatic N) is 1. The van der Waals surface area contributed by atoms with Crippen LogP contribution in [0.5, 0.6) is 0 Å². The quantitative estimate of drug-likeness (QED) is 0.689. The zero-order valence-corrected chi connectivity index (χ0v) is 16.3. The lowest BCUT2D eigenvalue weighted by Crippen LogP contribution is -2.14. The van der Waals surface area contributed by atoms with Gasteiger partial charge in [0.25, 0.3) is 10.0 Å². The summed E-state index contributed by atoms with van der Waals surface area (Å²) in [4.78, 5) is 16.1. The third-order valence-corrected chi connectivity index (χ3v) is 6.32. The first-order valence-electron chi connectivity index (χ1n) is 8.09. The minimum atomic E-state index is -3.69. The third-order valence-electron chi connectivity index (χ3n) is 3.83. The summed E-state index contributed by atoms with van der Waals surface area (Å²) in [6.07, 6.45) is 0.372. The molecule has 136 valence electrons. The minimum absolute atomic E-state index is 0.111. The Labute approximate surface area is 156 Å². The molecule has 1 aromatic heterocycles. The van der Waals surface area contributed by atoms with E-state index in [1.165, 1.54) is 11.3 Å². The Kier molecular flexibility index (Phi) is 4.97. The smallest absolute Gasteiger partial charge is 0.262 e.